The minimum absolute atomic E-state index is 0.0365. The Morgan fingerprint density at radius 3 is 2.34 bits per heavy atom. The lowest BCUT2D eigenvalue weighted by Crippen LogP contribution is -2.50. The van der Waals surface area contributed by atoms with E-state index in [0.717, 1.165) is 15.4 Å². The summed E-state index contributed by atoms with van der Waals surface area (Å²) < 4.78 is 34.5. The first-order valence-electron chi connectivity index (χ1n) is 12.1. The number of rotatable bonds is 11. The lowest BCUT2D eigenvalue weighted by Gasteiger charge is -2.32. The number of aryl methyl sites for hydroxylation is 1. The number of hydrogen-bond donors (Lipinski definition) is 1. The molecule has 10 heteroatoms. The van der Waals surface area contributed by atoms with Crippen LogP contribution in [-0.2, 0) is 26.2 Å². The zero-order valence-corrected chi connectivity index (χ0v) is 23.4. The Morgan fingerprint density at radius 1 is 1.03 bits per heavy atom. The van der Waals surface area contributed by atoms with Gasteiger partial charge in [-0.25, -0.2) is 8.42 Å². The van der Waals surface area contributed by atoms with E-state index in [-0.39, 0.29) is 23.0 Å². The number of para-hydroxylation sites is 2. The van der Waals surface area contributed by atoms with Crippen LogP contribution in [0.2, 0.25) is 5.02 Å². The van der Waals surface area contributed by atoms with E-state index in [9.17, 15) is 18.0 Å². The fourth-order valence-corrected chi connectivity index (χ4v) is 5.54. The number of carbonyl (C=O) groups excluding carboxylic acids is 2. The second-order valence-electron chi connectivity index (χ2n) is 8.67. The molecule has 38 heavy (non-hydrogen) atoms. The van der Waals surface area contributed by atoms with E-state index in [1.807, 2.05) is 31.2 Å². The molecule has 0 aliphatic rings. The summed E-state index contributed by atoms with van der Waals surface area (Å²) in [6, 6.07) is 19.1. The Hall–Kier alpha value is -3.56. The summed E-state index contributed by atoms with van der Waals surface area (Å²) in [5, 5.41) is 2.95. The fraction of sp³-hybridized carbons (Fsp3) is 0.286. The molecule has 0 aromatic heterocycles. The molecule has 1 N–H and O–H groups in total. The highest BCUT2D eigenvalue weighted by atomic mass is 35.5. The van der Waals surface area contributed by atoms with Crippen molar-refractivity contribution in [2.24, 2.45) is 0 Å². The second kappa shape index (κ2) is 12.8. The van der Waals surface area contributed by atoms with Crippen molar-refractivity contribution in [2.75, 3.05) is 24.5 Å². The van der Waals surface area contributed by atoms with Gasteiger partial charge in [-0.2, -0.15) is 0 Å². The summed E-state index contributed by atoms with van der Waals surface area (Å²) in [4.78, 5) is 27.8. The third kappa shape index (κ3) is 6.85. The largest absolute Gasteiger partial charge is 0.492 e. The number of carbonyl (C=O) groups is 2. The minimum Gasteiger partial charge on any atom is -0.492 e. The Labute approximate surface area is 229 Å². The third-order valence-corrected chi connectivity index (χ3v) is 7.99. The quantitative estimate of drug-likeness (QED) is 0.377. The molecule has 8 nitrogen and oxygen atoms in total. The maximum Gasteiger partial charge on any atom is 0.264 e. The molecule has 3 rings (SSSR count). The molecular weight excluding hydrogens is 526 g/mol. The molecule has 3 aromatic rings. The molecule has 0 fully saturated rings. The molecular formula is C28H32ClN3O5S. The van der Waals surface area contributed by atoms with Crippen molar-refractivity contribution in [3.8, 4) is 5.75 Å². The molecule has 2 amide bonds. The van der Waals surface area contributed by atoms with Gasteiger partial charge in [0.1, 0.15) is 18.3 Å². The lowest BCUT2D eigenvalue weighted by atomic mass is 10.1. The monoisotopic (exact) mass is 557 g/mol. The van der Waals surface area contributed by atoms with Gasteiger partial charge in [-0.15, -0.1) is 0 Å². The molecule has 0 heterocycles. The van der Waals surface area contributed by atoms with Crippen LogP contribution in [-0.4, -0.2) is 51.4 Å². The number of hydrogen-bond acceptors (Lipinski definition) is 5. The Morgan fingerprint density at radius 2 is 1.71 bits per heavy atom. The van der Waals surface area contributed by atoms with Crippen LogP contribution >= 0.6 is 11.6 Å². The summed E-state index contributed by atoms with van der Waals surface area (Å²) in [7, 11) is -2.73. The average Bonchev–Trinajstić information content (AvgIpc) is 2.90. The molecule has 0 aliphatic heterocycles. The number of likely N-dealkylation sites (N-methyl/N-ethyl adjacent to an activating group) is 1. The van der Waals surface area contributed by atoms with Crippen molar-refractivity contribution in [3.63, 3.8) is 0 Å². The Kier molecular flexibility index (Phi) is 9.77. The Bertz CT molecular complexity index is 1380. The summed E-state index contributed by atoms with van der Waals surface area (Å²) in [6.45, 7) is 5.20. The van der Waals surface area contributed by atoms with Crippen molar-refractivity contribution >= 4 is 39.1 Å². The Balaban J connectivity index is 2.09. The highest BCUT2D eigenvalue weighted by Crippen LogP contribution is 2.33. The van der Waals surface area contributed by atoms with E-state index in [4.69, 9.17) is 16.3 Å². The highest BCUT2D eigenvalue weighted by molar-refractivity contribution is 7.92. The van der Waals surface area contributed by atoms with Crippen LogP contribution in [0.25, 0.3) is 0 Å². The van der Waals surface area contributed by atoms with Crippen LogP contribution in [0.15, 0.2) is 77.7 Å². The molecule has 0 saturated heterocycles. The fourth-order valence-electron chi connectivity index (χ4n) is 3.99. The van der Waals surface area contributed by atoms with Crippen molar-refractivity contribution in [2.45, 2.75) is 38.3 Å². The van der Waals surface area contributed by atoms with Crippen molar-refractivity contribution in [3.05, 3.63) is 88.9 Å². The predicted octanol–water partition coefficient (Wildman–Crippen LogP) is 4.41. The van der Waals surface area contributed by atoms with Crippen molar-refractivity contribution < 1.29 is 22.7 Å². The van der Waals surface area contributed by atoms with E-state index in [1.165, 1.54) is 36.2 Å². The summed E-state index contributed by atoms with van der Waals surface area (Å²) in [5.74, 6) is -0.607. The van der Waals surface area contributed by atoms with Crippen LogP contribution in [0.5, 0.6) is 5.75 Å². The summed E-state index contributed by atoms with van der Waals surface area (Å²) in [6.07, 6.45) is 0. The van der Waals surface area contributed by atoms with Crippen LogP contribution in [0.4, 0.5) is 5.69 Å². The van der Waals surface area contributed by atoms with Gasteiger partial charge < -0.3 is 15.0 Å². The van der Waals surface area contributed by atoms with Crippen LogP contribution in [0.1, 0.15) is 25.0 Å². The summed E-state index contributed by atoms with van der Waals surface area (Å²) in [5.41, 5.74) is 2.02. The summed E-state index contributed by atoms with van der Waals surface area (Å²) >= 11 is 5.99. The van der Waals surface area contributed by atoms with E-state index < -0.39 is 28.5 Å². The van der Waals surface area contributed by atoms with E-state index in [0.29, 0.717) is 17.4 Å². The van der Waals surface area contributed by atoms with Gasteiger partial charge in [0.05, 0.1) is 17.2 Å². The van der Waals surface area contributed by atoms with Gasteiger partial charge in [0.15, 0.2) is 0 Å². The number of anilines is 1. The van der Waals surface area contributed by atoms with E-state index in [1.54, 1.807) is 38.1 Å². The maximum absolute atomic E-state index is 13.9. The van der Waals surface area contributed by atoms with Crippen LogP contribution in [0.3, 0.4) is 0 Å². The van der Waals surface area contributed by atoms with Crippen molar-refractivity contribution in [1.82, 2.24) is 10.2 Å². The van der Waals surface area contributed by atoms with Gasteiger partial charge >= 0.3 is 0 Å². The lowest BCUT2D eigenvalue weighted by molar-refractivity contribution is -0.139. The number of benzene rings is 3. The average molecular weight is 558 g/mol. The van der Waals surface area contributed by atoms with Gasteiger partial charge in [-0.05, 0) is 62.7 Å². The minimum atomic E-state index is -4.22. The van der Waals surface area contributed by atoms with Gasteiger partial charge in [-0.3, -0.25) is 13.9 Å². The third-order valence-electron chi connectivity index (χ3n) is 5.96. The molecule has 3 aromatic carbocycles. The molecule has 0 saturated carbocycles. The first kappa shape index (κ1) is 29.0. The molecule has 0 bridgehead atoms. The molecule has 0 spiro atoms. The van der Waals surface area contributed by atoms with Gasteiger partial charge in [0.2, 0.25) is 11.8 Å². The number of halogens is 1. The number of sulfonamides is 1. The van der Waals surface area contributed by atoms with Gasteiger partial charge in [0.25, 0.3) is 10.0 Å². The van der Waals surface area contributed by atoms with Gasteiger partial charge in [0, 0.05) is 18.6 Å². The first-order chi connectivity index (χ1) is 18.1. The normalized spacial score (nSPS) is 11.9. The van der Waals surface area contributed by atoms with Crippen LogP contribution in [0, 0.1) is 6.92 Å². The number of nitrogens with one attached hydrogen (secondary N) is 1. The molecule has 0 radical (unpaired) electrons. The molecule has 0 aliphatic carbocycles. The van der Waals surface area contributed by atoms with E-state index >= 15 is 0 Å². The smallest absolute Gasteiger partial charge is 0.264 e. The highest BCUT2D eigenvalue weighted by Gasteiger charge is 2.33. The van der Waals surface area contributed by atoms with E-state index in [2.05, 4.69) is 5.32 Å². The number of amides is 2. The van der Waals surface area contributed by atoms with Crippen LogP contribution < -0.4 is 14.4 Å². The number of ether oxygens (including phenoxy) is 1. The first-order valence-corrected chi connectivity index (χ1v) is 14.0. The van der Waals surface area contributed by atoms with Crippen molar-refractivity contribution in [1.29, 1.82) is 0 Å². The maximum atomic E-state index is 13.9. The molecule has 202 valence electrons. The zero-order chi connectivity index (χ0) is 27.9. The zero-order valence-electron chi connectivity index (χ0n) is 21.8. The predicted molar refractivity (Wildman–Crippen MR) is 149 cm³/mol. The molecule has 0 unspecified atom stereocenters. The number of nitrogens with zero attached hydrogens (tertiary/aromatic N) is 2. The molecule has 1 atom stereocenters. The standard InChI is InChI=1S/C28H32ClN3O5S/c1-5-37-26-12-7-6-11-25(26)32(38(35,36)24-15-13-23(29)14-16-24)19-27(33)31(21(3)28(34)30-4)18-22-10-8-9-20(2)17-22/h6-17,21H,5,18-19H2,1-4H3,(H,30,34)/t21-/m1/s1. The SMILES string of the molecule is CCOc1ccccc1N(CC(=O)N(Cc1cccc(C)c1)[C@H](C)C(=O)NC)S(=O)(=O)c1ccc(Cl)cc1. The van der Waals surface area contributed by atoms with Gasteiger partial charge in [-0.1, -0.05) is 53.6 Å². The topological polar surface area (TPSA) is 96.0 Å². The second-order valence-corrected chi connectivity index (χ2v) is 11.0.